The fourth-order valence-electron chi connectivity index (χ4n) is 2.10. The van der Waals surface area contributed by atoms with Crippen LogP contribution in [0.4, 0.5) is 5.69 Å². The average molecular weight is 359 g/mol. The Labute approximate surface area is 142 Å². The number of aryl methyl sites for hydroxylation is 2. The standard InChI is InChI=1S/C15H16Cl2N2O2S/c1-3-5-9-6-10(8-19(4-2)15(9)21)18-14(20)12-7-11(16)13(17)22-12/h6-8H,3-5H2,1-2H3,(H,18,20). The molecule has 0 unspecified atom stereocenters. The first-order chi connectivity index (χ1) is 10.5. The van der Waals surface area contributed by atoms with Crippen LogP contribution in [-0.2, 0) is 13.0 Å². The van der Waals surface area contributed by atoms with Crippen LogP contribution in [0.2, 0.25) is 9.36 Å². The Hall–Kier alpha value is -1.30. The van der Waals surface area contributed by atoms with Crippen LogP contribution in [-0.4, -0.2) is 10.5 Å². The predicted octanol–water partition coefficient (Wildman–Crippen LogP) is 4.44. The van der Waals surface area contributed by atoms with E-state index in [9.17, 15) is 9.59 Å². The number of anilines is 1. The second-order valence-electron chi connectivity index (χ2n) is 4.78. The lowest BCUT2D eigenvalue weighted by Gasteiger charge is -2.10. The van der Waals surface area contributed by atoms with Gasteiger partial charge in [-0.15, -0.1) is 11.3 Å². The first-order valence-corrected chi connectivity index (χ1v) is 8.53. The van der Waals surface area contributed by atoms with Crippen LogP contribution in [0.15, 0.2) is 23.1 Å². The smallest absolute Gasteiger partial charge is 0.265 e. The summed E-state index contributed by atoms with van der Waals surface area (Å²) in [6, 6.07) is 3.26. The molecule has 2 aromatic rings. The van der Waals surface area contributed by atoms with E-state index in [1.807, 2.05) is 13.8 Å². The zero-order valence-corrected chi connectivity index (χ0v) is 14.6. The van der Waals surface area contributed by atoms with Crippen molar-refractivity contribution in [3.05, 3.63) is 48.5 Å². The SMILES string of the molecule is CCCc1cc(NC(=O)c2cc(Cl)c(Cl)s2)cn(CC)c1=O. The number of nitrogens with one attached hydrogen (secondary N) is 1. The van der Waals surface area contributed by atoms with Crippen molar-refractivity contribution in [2.24, 2.45) is 0 Å². The molecule has 0 saturated carbocycles. The Balaban J connectivity index is 2.30. The van der Waals surface area contributed by atoms with Gasteiger partial charge in [0.1, 0.15) is 4.34 Å². The molecule has 0 saturated heterocycles. The Morgan fingerprint density at radius 3 is 2.59 bits per heavy atom. The lowest BCUT2D eigenvalue weighted by molar-refractivity contribution is 0.103. The van der Waals surface area contributed by atoms with Gasteiger partial charge in [0.25, 0.3) is 11.5 Å². The van der Waals surface area contributed by atoms with Gasteiger partial charge in [0.05, 0.1) is 15.6 Å². The molecule has 0 bridgehead atoms. The van der Waals surface area contributed by atoms with Crippen molar-refractivity contribution in [1.29, 1.82) is 0 Å². The summed E-state index contributed by atoms with van der Waals surface area (Å²) in [6.07, 6.45) is 3.20. The zero-order chi connectivity index (χ0) is 16.3. The highest BCUT2D eigenvalue weighted by molar-refractivity contribution is 7.18. The van der Waals surface area contributed by atoms with E-state index in [1.165, 1.54) is 6.07 Å². The fraction of sp³-hybridized carbons (Fsp3) is 0.333. The summed E-state index contributed by atoms with van der Waals surface area (Å²) in [6.45, 7) is 4.45. The maximum atomic E-state index is 12.2. The monoisotopic (exact) mass is 358 g/mol. The van der Waals surface area contributed by atoms with E-state index in [-0.39, 0.29) is 11.5 Å². The molecular weight excluding hydrogens is 343 g/mol. The molecule has 22 heavy (non-hydrogen) atoms. The molecule has 7 heteroatoms. The van der Waals surface area contributed by atoms with Gasteiger partial charge in [0.15, 0.2) is 0 Å². The molecule has 0 radical (unpaired) electrons. The van der Waals surface area contributed by atoms with Crippen molar-refractivity contribution in [3.63, 3.8) is 0 Å². The van der Waals surface area contributed by atoms with Crippen molar-refractivity contribution in [1.82, 2.24) is 4.57 Å². The van der Waals surface area contributed by atoms with Crippen LogP contribution in [0, 0.1) is 0 Å². The summed E-state index contributed by atoms with van der Waals surface area (Å²) in [4.78, 5) is 24.8. The molecule has 4 nitrogen and oxygen atoms in total. The van der Waals surface area contributed by atoms with E-state index in [1.54, 1.807) is 16.8 Å². The minimum atomic E-state index is -0.289. The number of aromatic nitrogens is 1. The van der Waals surface area contributed by atoms with Crippen molar-refractivity contribution >= 4 is 46.1 Å². The van der Waals surface area contributed by atoms with Crippen LogP contribution < -0.4 is 10.9 Å². The first-order valence-electron chi connectivity index (χ1n) is 6.95. The topological polar surface area (TPSA) is 51.1 Å². The van der Waals surface area contributed by atoms with Crippen LogP contribution in [0.3, 0.4) is 0 Å². The molecule has 0 aromatic carbocycles. The van der Waals surface area contributed by atoms with Gasteiger partial charge >= 0.3 is 0 Å². The lowest BCUT2D eigenvalue weighted by atomic mass is 10.1. The third kappa shape index (κ3) is 3.72. The second kappa shape index (κ2) is 7.31. The van der Waals surface area contributed by atoms with Crippen LogP contribution in [0.1, 0.15) is 35.5 Å². The summed E-state index contributed by atoms with van der Waals surface area (Å²) < 4.78 is 1.98. The van der Waals surface area contributed by atoms with Crippen molar-refractivity contribution in [3.8, 4) is 0 Å². The zero-order valence-electron chi connectivity index (χ0n) is 12.3. The Morgan fingerprint density at radius 2 is 2.05 bits per heavy atom. The number of nitrogens with zero attached hydrogens (tertiary/aromatic N) is 1. The second-order valence-corrected chi connectivity index (χ2v) is 6.84. The van der Waals surface area contributed by atoms with E-state index in [2.05, 4.69) is 5.32 Å². The highest BCUT2D eigenvalue weighted by Gasteiger charge is 2.14. The van der Waals surface area contributed by atoms with Gasteiger partial charge in [0.2, 0.25) is 0 Å². The van der Waals surface area contributed by atoms with Gasteiger partial charge in [-0.3, -0.25) is 9.59 Å². The summed E-state index contributed by atoms with van der Waals surface area (Å²) in [5.74, 6) is -0.289. The molecule has 0 aliphatic rings. The van der Waals surface area contributed by atoms with Gasteiger partial charge < -0.3 is 9.88 Å². The number of pyridine rings is 1. The molecule has 1 N–H and O–H groups in total. The third-order valence-electron chi connectivity index (χ3n) is 3.15. The van der Waals surface area contributed by atoms with Crippen molar-refractivity contribution in [2.45, 2.75) is 33.2 Å². The fourth-order valence-corrected chi connectivity index (χ4v) is 3.36. The summed E-state index contributed by atoms with van der Waals surface area (Å²) in [7, 11) is 0. The molecule has 0 aliphatic heterocycles. The van der Waals surface area contributed by atoms with Crippen molar-refractivity contribution < 1.29 is 4.79 Å². The molecule has 0 atom stereocenters. The maximum Gasteiger partial charge on any atom is 0.265 e. The van der Waals surface area contributed by atoms with Gasteiger partial charge in [-0.2, -0.15) is 0 Å². The summed E-state index contributed by atoms with van der Waals surface area (Å²) in [5.41, 5.74) is 1.28. The average Bonchev–Trinajstić information content (AvgIpc) is 2.82. The molecule has 0 spiro atoms. The Kier molecular flexibility index (Phi) is 5.67. The molecule has 1 amide bonds. The van der Waals surface area contributed by atoms with Gasteiger partial charge in [-0.1, -0.05) is 36.5 Å². The predicted molar refractivity (Wildman–Crippen MR) is 92.7 cm³/mol. The largest absolute Gasteiger partial charge is 0.320 e. The molecule has 2 aromatic heterocycles. The summed E-state index contributed by atoms with van der Waals surface area (Å²) in [5, 5.41) is 3.16. The first kappa shape index (κ1) is 17.1. The number of carbonyl (C=O) groups is 1. The molecule has 0 aliphatic carbocycles. The van der Waals surface area contributed by atoms with Gasteiger partial charge in [-0.25, -0.2) is 0 Å². The minimum absolute atomic E-state index is 0.00967. The van der Waals surface area contributed by atoms with E-state index < -0.39 is 0 Å². The number of halogens is 2. The Morgan fingerprint density at radius 1 is 1.32 bits per heavy atom. The number of thiophene rings is 1. The molecule has 0 fully saturated rings. The minimum Gasteiger partial charge on any atom is -0.320 e. The lowest BCUT2D eigenvalue weighted by Crippen LogP contribution is -2.24. The van der Waals surface area contributed by atoms with Crippen LogP contribution >= 0.6 is 34.5 Å². The normalized spacial score (nSPS) is 10.7. The number of amides is 1. The molecular formula is C15H16Cl2N2O2S. The molecule has 2 heterocycles. The number of carbonyl (C=O) groups excluding carboxylic acids is 1. The van der Waals surface area contributed by atoms with E-state index in [0.717, 1.165) is 17.8 Å². The highest BCUT2D eigenvalue weighted by atomic mass is 35.5. The Bertz CT molecular complexity index is 733. The number of rotatable bonds is 5. The maximum absolute atomic E-state index is 12.2. The van der Waals surface area contributed by atoms with E-state index in [4.69, 9.17) is 23.2 Å². The van der Waals surface area contributed by atoms with Crippen molar-refractivity contribution in [2.75, 3.05) is 5.32 Å². The van der Waals surface area contributed by atoms with Crippen LogP contribution in [0.5, 0.6) is 0 Å². The highest BCUT2D eigenvalue weighted by Crippen LogP contribution is 2.31. The van der Waals surface area contributed by atoms with E-state index >= 15 is 0 Å². The van der Waals surface area contributed by atoms with E-state index in [0.29, 0.717) is 38.5 Å². The molecule has 2 rings (SSSR count). The molecule has 118 valence electrons. The van der Waals surface area contributed by atoms with Crippen LogP contribution in [0.25, 0.3) is 0 Å². The van der Waals surface area contributed by atoms with Gasteiger partial charge in [-0.05, 0) is 25.5 Å². The van der Waals surface area contributed by atoms with Gasteiger partial charge in [0, 0.05) is 18.3 Å². The quantitative estimate of drug-likeness (QED) is 0.858. The summed E-state index contributed by atoms with van der Waals surface area (Å²) >= 11 is 12.9. The number of hydrogen-bond acceptors (Lipinski definition) is 3. The third-order valence-corrected chi connectivity index (χ3v) is 5.01. The number of hydrogen-bond donors (Lipinski definition) is 1.